The zero-order valence-electron chi connectivity index (χ0n) is 11.4. The lowest BCUT2D eigenvalue weighted by molar-refractivity contribution is 0.0687. The molecule has 0 amide bonds. The molecular formula is C14H16N2O3. The third kappa shape index (κ3) is 2.19. The van der Waals surface area contributed by atoms with Crippen LogP contribution in [0, 0.1) is 13.8 Å². The summed E-state index contributed by atoms with van der Waals surface area (Å²) >= 11 is 0. The third-order valence-corrected chi connectivity index (χ3v) is 3.08. The summed E-state index contributed by atoms with van der Waals surface area (Å²) in [4.78, 5) is 15.5. The average molecular weight is 260 g/mol. The van der Waals surface area contributed by atoms with Crippen LogP contribution < -0.4 is 4.74 Å². The molecule has 0 fully saturated rings. The highest BCUT2D eigenvalue weighted by molar-refractivity contribution is 5.93. The van der Waals surface area contributed by atoms with Crippen molar-refractivity contribution in [3.8, 4) is 17.0 Å². The van der Waals surface area contributed by atoms with Crippen LogP contribution in [-0.4, -0.2) is 27.7 Å². The Hall–Kier alpha value is -2.30. The Balaban J connectivity index is 2.64. The van der Waals surface area contributed by atoms with Gasteiger partial charge in [0.25, 0.3) is 0 Å². The highest BCUT2D eigenvalue weighted by atomic mass is 16.5. The van der Waals surface area contributed by atoms with Crippen molar-refractivity contribution in [3.05, 3.63) is 35.3 Å². The number of hydrogen-bond donors (Lipinski definition) is 1. The van der Waals surface area contributed by atoms with Gasteiger partial charge in [0.15, 0.2) is 5.69 Å². The average Bonchev–Trinajstić information content (AvgIpc) is 2.70. The van der Waals surface area contributed by atoms with Crippen LogP contribution in [0.1, 0.15) is 21.6 Å². The summed E-state index contributed by atoms with van der Waals surface area (Å²) in [7, 11) is 3.29. The van der Waals surface area contributed by atoms with Gasteiger partial charge < -0.3 is 14.4 Å². The number of hydrogen-bond acceptors (Lipinski definition) is 3. The van der Waals surface area contributed by atoms with E-state index in [0.29, 0.717) is 5.69 Å². The number of imidazole rings is 1. The summed E-state index contributed by atoms with van der Waals surface area (Å²) in [6.45, 7) is 3.86. The molecule has 0 aliphatic heterocycles. The van der Waals surface area contributed by atoms with Gasteiger partial charge >= 0.3 is 5.97 Å². The Morgan fingerprint density at radius 2 is 1.89 bits per heavy atom. The second-order valence-electron chi connectivity index (χ2n) is 4.50. The van der Waals surface area contributed by atoms with Gasteiger partial charge in [0.1, 0.15) is 11.4 Å². The summed E-state index contributed by atoms with van der Waals surface area (Å²) in [6, 6.07) is 3.78. The minimum absolute atomic E-state index is 0.184. The quantitative estimate of drug-likeness (QED) is 0.920. The summed E-state index contributed by atoms with van der Waals surface area (Å²) < 4.78 is 6.81. The zero-order chi connectivity index (χ0) is 14.2. The first kappa shape index (κ1) is 13.1. The molecule has 2 aromatic rings. The Kier molecular flexibility index (Phi) is 3.29. The fourth-order valence-corrected chi connectivity index (χ4v) is 2.30. The highest BCUT2D eigenvalue weighted by Gasteiger charge is 2.18. The van der Waals surface area contributed by atoms with Gasteiger partial charge in [-0.25, -0.2) is 9.78 Å². The highest BCUT2D eigenvalue weighted by Crippen LogP contribution is 2.30. The van der Waals surface area contributed by atoms with E-state index in [2.05, 4.69) is 4.98 Å². The van der Waals surface area contributed by atoms with Gasteiger partial charge in [-0.3, -0.25) is 0 Å². The van der Waals surface area contributed by atoms with Gasteiger partial charge in [-0.05, 0) is 37.1 Å². The maximum absolute atomic E-state index is 11.3. The molecule has 19 heavy (non-hydrogen) atoms. The first-order chi connectivity index (χ1) is 8.95. The first-order valence-corrected chi connectivity index (χ1v) is 5.86. The van der Waals surface area contributed by atoms with Crippen LogP contribution >= 0.6 is 0 Å². The van der Waals surface area contributed by atoms with Gasteiger partial charge in [0.05, 0.1) is 13.4 Å². The normalized spacial score (nSPS) is 10.5. The largest absolute Gasteiger partial charge is 0.496 e. The molecule has 0 atom stereocenters. The van der Waals surface area contributed by atoms with E-state index in [1.807, 2.05) is 26.0 Å². The van der Waals surface area contributed by atoms with Crippen LogP contribution in [0.5, 0.6) is 5.75 Å². The number of carboxylic acid groups (broad SMARTS) is 1. The van der Waals surface area contributed by atoms with E-state index in [1.165, 1.54) is 10.9 Å². The summed E-state index contributed by atoms with van der Waals surface area (Å²) in [5.41, 5.74) is 3.36. The summed E-state index contributed by atoms with van der Waals surface area (Å²) in [5, 5.41) is 9.25. The van der Waals surface area contributed by atoms with E-state index in [4.69, 9.17) is 4.74 Å². The SMILES string of the molecule is COc1c(C)cc(-c2ncn(C)c2C(=O)O)cc1C. The predicted octanol–water partition coefficient (Wildman–Crippen LogP) is 2.41. The van der Waals surface area contributed by atoms with Gasteiger partial charge in [-0.1, -0.05) is 0 Å². The van der Waals surface area contributed by atoms with Crippen molar-refractivity contribution in [1.82, 2.24) is 9.55 Å². The number of carboxylic acids is 1. The predicted molar refractivity (Wildman–Crippen MR) is 71.6 cm³/mol. The number of aromatic carboxylic acids is 1. The molecule has 5 nitrogen and oxygen atoms in total. The molecule has 0 bridgehead atoms. The minimum Gasteiger partial charge on any atom is -0.496 e. The van der Waals surface area contributed by atoms with Crippen LogP contribution in [0.2, 0.25) is 0 Å². The molecule has 0 saturated heterocycles. The second-order valence-corrected chi connectivity index (χ2v) is 4.50. The number of nitrogens with zero attached hydrogens (tertiary/aromatic N) is 2. The van der Waals surface area contributed by atoms with E-state index in [-0.39, 0.29) is 5.69 Å². The molecule has 0 aliphatic rings. The van der Waals surface area contributed by atoms with Gasteiger partial charge in [-0.15, -0.1) is 0 Å². The molecule has 1 aromatic carbocycles. The van der Waals surface area contributed by atoms with Crippen molar-refractivity contribution in [2.45, 2.75) is 13.8 Å². The van der Waals surface area contributed by atoms with Crippen molar-refractivity contribution in [2.24, 2.45) is 7.05 Å². The van der Waals surface area contributed by atoms with E-state index in [0.717, 1.165) is 22.4 Å². The van der Waals surface area contributed by atoms with Gasteiger partial charge in [-0.2, -0.15) is 0 Å². The Bertz CT molecular complexity index is 621. The van der Waals surface area contributed by atoms with Crippen molar-refractivity contribution in [3.63, 3.8) is 0 Å². The molecule has 1 aromatic heterocycles. The molecular weight excluding hydrogens is 244 g/mol. The van der Waals surface area contributed by atoms with Crippen molar-refractivity contribution in [2.75, 3.05) is 7.11 Å². The molecule has 0 saturated carbocycles. The zero-order valence-corrected chi connectivity index (χ0v) is 11.4. The molecule has 2 rings (SSSR count). The molecule has 0 spiro atoms. The van der Waals surface area contributed by atoms with Crippen LogP contribution in [-0.2, 0) is 7.05 Å². The summed E-state index contributed by atoms with van der Waals surface area (Å²) in [5.74, 6) is -0.169. The van der Waals surface area contributed by atoms with E-state index in [9.17, 15) is 9.90 Å². The molecule has 0 unspecified atom stereocenters. The Morgan fingerprint density at radius 3 is 2.37 bits per heavy atom. The van der Waals surface area contributed by atoms with Crippen molar-refractivity contribution < 1.29 is 14.6 Å². The number of carbonyl (C=O) groups is 1. The summed E-state index contributed by atoms with van der Waals surface area (Å²) in [6.07, 6.45) is 1.51. The number of ether oxygens (including phenoxy) is 1. The molecule has 5 heteroatoms. The molecule has 100 valence electrons. The van der Waals surface area contributed by atoms with E-state index < -0.39 is 5.97 Å². The number of benzene rings is 1. The molecule has 1 heterocycles. The number of aryl methyl sites for hydroxylation is 3. The van der Waals surface area contributed by atoms with Gasteiger partial charge in [0, 0.05) is 12.6 Å². The monoisotopic (exact) mass is 260 g/mol. The molecule has 1 N–H and O–H groups in total. The van der Waals surface area contributed by atoms with Crippen molar-refractivity contribution >= 4 is 5.97 Å². The standard InChI is InChI=1S/C14H16N2O3/c1-8-5-10(6-9(2)13(8)19-4)11-12(14(17)18)16(3)7-15-11/h5-7H,1-4H3,(H,17,18). The van der Waals surface area contributed by atoms with Crippen LogP contribution in [0.3, 0.4) is 0 Å². The first-order valence-electron chi connectivity index (χ1n) is 5.86. The number of aromatic nitrogens is 2. The molecule has 0 aliphatic carbocycles. The molecule has 0 radical (unpaired) electrons. The van der Waals surface area contributed by atoms with Crippen molar-refractivity contribution in [1.29, 1.82) is 0 Å². The van der Waals surface area contributed by atoms with Crippen LogP contribution in [0.4, 0.5) is 0 Å². The smallest absolute Gasteiger partial charge is 0.354 e. The Morgan fingerprint density at radius 1 is 1.32 bits per heavy atom. The fraction of sp³-hybridized carbons (Fsp3) is 0.286. The second kappa shape index (κ2) is 4.76. The topological polar surface area (TPSA) is 64.4 Å². The lowest BCUT2D eigenvalue weighted by atomic mass is 10.0. The Labute approximate surface area is 111 Å². The number of methoxy groups -OCH3 is 1. The number of rotatable bonds is 3. The third-order valence-electron chi connectivity index (χ3n) is 3.08. The minimum atomic E-state index is -0.985. The maximum Gasteiger partial charge on any atom is 0.354 e. The van der Waals surface area contributed by atoms with Crippen LogP contribution in [0.25, 0.3) is 11.3 Å². The fourth-order valence-electron chi connectivity index (χ4n) is 2.30. The maximum atomic E-state index is 11.3. The van der Waals surface area contributed by atoms with E-state index >= 15 is 0 Å². The van der Waals surface area contributed by atoms with Gasteiger partial charge in [0.2, 0.25) is 0 Å². The lowest BCUT2D eigenvalue weighted by Crippen LogP contribution is -2.05. The van der Waals surface area contributed by atoms with Crippen LogP contribution in [0.15, 0.2) is 18.5 Å². The van der Waals surface area contributed by atoms with E-state index in [1.54, 1.807) is 14.2 Å². The lowest BCUT2D eigenvalue weighted by Gasteiger charge is -2.11.